The highest BCUT2D eigenvalue weighted by molar-refractivity contribution is 9.11. The molecule has 2 rings (SSSR count). The summed E-state index contributed by atoms with van der Waals surface area (Å²) >= 11 is 6.67. The van der Waals surface area contributed by atoms with Crippen LogP contribution in [-0.4, -0.2) is 11.1 Å². The molecule has 2 aromatic rings. The number of nitrogens with one attached hydrogen (secondary N) is 1. The summed E-state index contributed by atoms with van der Waals surface area (Å²) in [5.74, 6) is -2.06. The lowest BCUT2D eigenvalue weighted by Gasteiger charge is -2.13. The third-order valence-corrected chi connectivity index (χ3v) is 3.79. The maximum atomic E-state index is 13.4. The largest absolute Gasteiger partial charge is 0.478 e. The lowest BCUT2D eigenvalue weighted by Crippen LogP contribution is -2.08. The maximum Gasteiger partial charge on any atom is 0.340 e. The SMILES string of the molecule is Nc1c(F)ccc(Nc2cc(Br)ccc2Br)c1C(=O)O. The Balaban J connectivity index is 2.51. The average molecular weight is 404 g/mol. The van der Waals surface area contributed by atoms with Gasteiger partial charge in [-0.2, -0.15) is 0 Å². The molecule has 0 saturated heterocycles. The van der Waals surface area contributed by atoms with Gasteiger partial charge in [0.05, 0.1) is 17.1 Å². The standard InChI is InChI=1S/C13H9Br2FN2O2/c14-6-1-2-7(15)10(5-6)18-9-4-3-8(16)12(17)11(9)13(19)20/h1-5,18H,17H2,(H,19,20). The Labute approximate surface area is 131 Å². The van der Waals surface area contributed by atoms with E-state index < -0.39 is 17.5 Å². The van der Waals surface area contributed by atoms with Gasteiger partial charge in [-0.3, -0.25) is 0 Å². The van der Waals surface area contributed by atoms with Crippen LogP contribution in [0.3, 0.4) is 0 Å². The number of hydrogen-bond acceptors (Lipinski definition) is 3. The van der Waals surface area contributed by atoms with Gasteiger partial charge in [-0.25, -0.2) is 9.18 Å². The third-order valence-electron chi connectivity index (χ3n) is 2.60. The summed E-state index contributed by atoms with van der Waals surface area (Å²) in [7, 11) is 0. The Morgan fingerprint density at radius 2 is 1.90 bits per heavy atom. The molecule has 4 N–H and O–H groups in total. The summed E-state index contributed by atoms with van der Waals surface area (Å²) in [6, 6.07) is 7.83. The molecular formula is C13H9Br2FN2O2. The van der Waals surface area contributed by atoms with Crippen LogP contribution in [0.15, 0.2) is 39.3 Å². The number of anilines is 3. The van der Waals surface area contributed by atoms with Crippen molar-refractivity contribution in [3.8, 4) is 0 Å². The van der Waals surface area contributed by atoms with Crippen LogP contribution >= 0.6 is 31.9 Å². The Morgan fingerprint density at radius 1 is 1.20 bits per heavy atom. The van der Waals surface area contributed by atoms with Crippen LogP contribution in [0.1, 0.15) is 10.4 Å². The minimum absolute atomic E-state index is 0.218. The van der Waals surface area contributed by atoms with E-state index in [1.54, 1.807) is 12.1 Å². The minimum Gasteiger partial charge on any atom is -0.478 e. The number of carbonyl (C=O) groups is 1. The summed E-state index contributed by atoms with van der Waals surface area (Å²) in [5.41, 5.74) is 5.65. The number of aromatic carboxylic acids is 1. The molecule has 0 aromatic heterocycles. The number of rotatable bonds is 3. The quantitative estimate of drug-likeness (QED) is 0.665. The number of halogens is 3. The molecule has 0 fully saturated rings. The second kappa shape index (κ2) is 5.80. The molecule has 0 aliphatic carbocycles. The minimum atomic E-state index is -1.30. The van der Waals surface area contributed by atoms with Crippen LogP contribution in [0.2, 0.25) is 0 Å². The van der Waals surface area contributed by atoms with E-state index in [2.05, 4.69) is 37.2 Å². The van der Waals surface area contributed by atoms with E-state index in [4.69, 9.17) is 10.8 Å². The molecule has 4 nitrogen and oxygen atoms in total. The van der Waals surface area contributed by atoms with E-state index in [1.165, 1.54) is 6.07 Å². The second-order valence-corrected chi connectivity index (χ2v) is 5.71. The molecule has 0 unspecified atom stereocenters. The predicted molar refractivity (Wildman–Crippen MR) is 82.9 cm³/mol. The van der Waals surface area contributed by atoms with Gasteiger partial charge in [0.2, 0.25) is 0 Å². The first-order valence-corrected chi connectivity index (χ1v) is 7.02. The predicted octanol–water partition coefficient (Wildman–Crippen LogP) is 4.37. The molecular weight excluding hydrogens is 395 g/mol. The zero-order valence-corrected chi connectivity index (χ0v) is 13.1. The Kier molecular flexibility index (Phi) is 4.29. The van der Waals surface area contributed by atoms with Gasteiger partial charge < -0.3 is 16.2 Å². The molecule has 2 aromatic carbocycles. The molecule has 0 aliphatic rings. The Bertz CT molecular complexity index is 692. The van der Waals surface area contributed by atoms with E-state index in [0.717, 1.165) is 15.0 Å². The van der Waals surface area contributed by atoms with Gasteiger partial charge in [0, 0.05) is 8.95 Å². The number of hydrogen-bond donors (Lipinski definition) is 3. The van der Waals surface area contributed by atoms with Gasteiger partial charge in [0.25, 0.3) is 0 Å². The van der Waals surface area contributed by atoms with E-state index in [1.807, 2.05) is 6.07 Å². The molecule has 0 radical (unpaired) electrons. The maximum absolute atomic E-state index is 13.4. The van der Waals surface area contributed by atoms with Crippen LogP contribution in [-0.2, 0) is 0 Å². The van der Waals surface area contributed by atoms with Crippen LogP contribution < -0.4 is 11.1 Å². The molecule has 0 heterocycles. The van der Waals surface area contributed by atoms with Crippen molar-refractivity contribution in [2.24, 2.45) is 0 Å². The van der Waals surface area contributed by atoms with E-state index >= 15 is 0 Å². The number of nitrogens with two attached hydrogens (primary N) is 1. The number of carboxylic acid groups (broad SMARTS) is 1. The highest BCUT2D eigenvalue weighted by Crippen LogP contribution is 2.32. The van der Waals surface area contributed by atoms with Gasteiger partial charge in [-0.05, 0) is 46.3 Å². The Hall–Kier alpha value is -1.60. The molecule has 7 heteroatoms. The van der Waals surface area contributed by atoms with Crippen molar-refractivity contribution < 1.29 is 14.3 Å². The van der Waals surface area contributed by atoms with Gasteiger partial charge in [-0.1, -0.05) is 15.9 Å². The van der Waals surface area contributed by atoms with E-state index in [0.29, 0.717) is 5.69 Å². The Morgan fingerprint density at radius 3 is 2.55 bits per heavy atom. The topological polar surface area (TPSA) is 75.3 Å². The fourth-order valence-corrected chi connectivity index (χ4v) is 2.37. The first-order valence-electron chi connectivity index (χ1n) is 5.43. The molecule has 0 bridgehead atoms. The first kappa shape index (κ1) is 14.8. The zero-order valence-electron chi connectivity index (χ0n) is 9.95. The van der Waals surface area contributed by atoms with E-state index in [-0.39, 0.29) is 11.3 Å². The summed E-state index contributed by atoms with van der Waals surface area (Å²) in [4.78, 5) is 11.2. The van der Waals surface area contributed by atoms with Crippen LogP contribution in [0, 0.1) is 5.82 Å². The normalized spacial score (nSPS) is 10.3. The number of benzene rings is 2. The van der Waals surface area contributed by atoms with Crippen molar-refractivity contribution in [2.75, 3.05) is 11.1 Å². The first-order chi connectivity index (χ1) is 9.40. The summed E-state index contributed by atoms with van der Waals surface area (Å²) in [5, 5.41) is 12.1. The molecule has 0 atom stereocenters. The average Bonchev–Trinajstić information content (AvgIpc) is 2.38. The van der Waals surface area contributed by atoms with Crippen molar-refractivity contribution in [3.05, 3.63) is 50.7 Å². The molecule has 0 spiro atoms. The molecule has 0 amide bonds. The number of carboxylic acids is 1. The van der Waals surface area contributed by atoms with Gasteiger partial charge >= 0.3 is 5.97 Å². The van der Waals surface area contributed by atoms with Crippen molar-refractivity contribution >= 4 is 54.9 Å². The number of nitrogen functional groups attached to an aromatic ring is 1. The van der Waals surface area contributed by atoms with Crippen LogP contribution in [0.4, 0.5) is 21.5 Å². The van der Waals surface area contributed by atoms with Crippen molar-refractivity contribution in [1.29, 1.82) is 0 Å². The van der Waals surface area contributed by atoms with Gasteiger partial charge in [0.1, 0.15) is 11.4 Å². The van der Waals surface area contributed by atoms with Crippen molar-refractivity contribution in [2.45, 2.75) is 0 Å². The fraction of sp³-hybridized carbons (Fsp3) is 0. The third kappa shape index (κ3) is 2.94. The van der Waals surface area contributed by atoms with Crippen LogP contribution in [0.25, 0.3) is 0 Å². The fourth-order valence-electron chi connectivity index (χ4n) is 1.67. The molecule has 0 saturated carbocycles. The lowest BCUT2D eigenvalue weighted by atomic mass is 10.1. The summed E-state index contributed by atoms with van der Waals surface area (Å²) in [6.07, 6.45) is 0. The van der Waals surface area contributed by atoms with Crippen LogP contribution in [0.5, 0.6) is 0 Å². The summed E-state index contributed by atoms with van der Waals surface area (Å²) in [6.45, 7) is 0. The van der Waals surface area contributed by atoms with Gasteiger partial charge in [0.15, 0.2) is 0 Å². The molecule has 20 heavy (non-hydrogen) atoms. The monoisotopic (exact) mass is 402 g/mol. The lowest BCUT2D eigenvalue weighted by molar-refractivity contribution is 0.0698. The molecule has 104 valence electrons. The smallest absolute Gasteiger partial charge is 0.340 e. The van der Waals surface area contributed by atoms with Crippen molar-refractivity contribution in [3.63, 3.8) is 0 Å². The second-order valence-electron chi connectivity index (χ2n) is 3.94. The van der Waals surface area contributed by atoms with Crippen molar-refractivity contribution in [1.82, 2.24) is 0 Å². The van der Waals surface area contributed by atoms with E-state index in [9.17, 15) is 9.18 Å². The summed E-state index contributed by atoms with van der Waals surface area (Å²) < 4.78 is 14.9. The highest BCUT2D eigenvalue weighted by atomic mass is 79.9. The van der Waals surface area contributed by atoms with Gasteiger partial charge in [-0.15, -0.1) is 0 Å². The highest BCUT2D eigenvalue weighted by Gasteiger charge is 2.18. The molecule has 0 aliphatic heterocycles. The zero-order chi connectivity index (χ0) is 14.9.